The van der Waals surface area contributed by atoms with Crippen LogP contribution in [0.4, 0.5) is 4.79 Å². The van der Waals surface area contributed by atoms with Gasteiger partial charge in [0.2, 0.25) is 0 Å². The number of nitrogens with zero attached hydrogens (tertiary/aromatic N) is 2. The standard InChI is InChI=1S/C24H35BN2O6/c1-22(2,3)31-21(29)27-18-9-15(10-19(27)14-30-13-18)20(28)16-8-17(12-26-11-16)25-32-23(4,5)24(6,7)33-25/h8,11-12,15,18-19H,9-10,13-14H2,1-7H3. The molecule has 2 bridgehead atoms. The second-order valence-corrected chi connectivity index (χ2v) is 11.4. The van der Waals surface area contributed by atoms with Crippen molar-refractivity contribution in [1.29, 1.82) is 0 Å². The molecule has 0 saturated carbocycles. The minimum absolute atomic E-state index is 0.0293. The minimum Gasteiger partial charge on any atom is -0.444 e. The third-order valence-electron chi connectivity index (χ3n) is 7.06. The largest absolute Gasteiger partial charge is 0.496 e. The molecule has 0 radical (unpaired) electrons. The zero-order chi connectivity index (χ0) is 24.2. The first-order valence-electron chi connectivity index (χ1n) is 11.7. The van der Waals surface area contributed by atoms with Crippen molar-refractivity contribution in [1.82, 2.24) is 9.88 Å². The highest BCUT2D eigenvalue weighted by Crippen LogP contribution is 2.37. The van der Waals surface area contributed by atoms with Gasteiger partial charge >= 0.3 is 13.2 Å². The third-order valence-corrected chi connectivity index (χ3v) is 7.06. The van der Waals surface area contributed by atoms with Crippen LogP contribution in [-0.4, -0.2) is 71.0 Å². The smallest absolute Gasteiger partial charge is 0.444 e. The molecule has 0 N–H and O–H groups in total. The predicted octanol–water partition coefficient (Wildman–Crippen LogP) is 2.98. The van der Waals surface area contributed by atoms with Crippen molar-refractivity contribution in [2.45, 2.75) is 90.2 Å². The average molecular weight is 458 g/mol. The number of carbonyl (C=O) groups excluding carboxylic acids is 2. The van der Waals surface area contributed by atoms with E-state index < -0.39 is 23.9 Å². The van der Waals surface area contributed by atoms with Crippen LogP contribution in [0.5, 0.6) is 0 Å². The number of pyridine rings is 1. The molecular formula is C24H35BN2O6. The van der Waals surface area contributed by atoms with Crippen LogP contribution in [0.25, 0.3) is 0 Å². The average Bonchev–Trinajstić information content (AvgIpc) is 2.92. The number of ketones is 1. The lowest BCUT2D eigenvalue weighted by Gasteiger charge is -2.47. The van der Waals surface area contributed by atoms with Gasteiger partial charge in [-0.15, -0.1) is 0 Å². The molecule has 0 aliphatic carbocycles. The number of fused-ring (bicyclic) bond motifs is 2. The zero-order valence-corrected chi connectivity index (χ0v) is 20.7. The molecule has 3 aliphatic rings. The number of rotatable bonds is 3. The number of carbonyl (C=O) groups is 2. The number of piperidine rings is 1. The summed E-state index contributed by atoms with van der Waals surface area (Å²) in [6.07, 6.45) is 4.02. The van der Waals surface area contributed by atoms with Crippen LogP contribution in [0, 0.1) is 5.92 Å². The minimum atomic E-state index is -0.572. The fourth-order valence-electron chi connectivity index (χ4n) is 4.68. The molecule has 1 aromatic rings. The van der Waals surface area contributed by atoms with E-state index in [4.69, 9.17) is 18.8 Å². The highest BCUT2D eigenvalue weighted by molar-refractivity contribution is 6.62. The molecule has 3 fully saturated rings. The Labute approximate surface area is 196 Å². The lowest BCUT2D eigenvalue weighted by Crippen LogP contribution is -2.60. The summed E-state index contributed by atoms with van der Waals surface area (Å²) in [6.45, 7) is 14.4. The number of ether oxygens (including phenoxy) is 2. The fraction of sp³-hybridized carbons (Fsp3) is 0.708. The lowest BCUT2D eigenvalue weighted by molar-refractivity contribution is -0.0861. The molecule has 180 valence electrons. The highest BCUT2D eigenvalue weighted by Gasteiger charge is 2.52. The van der Waals surface area contributed by atoms with E-state index in [1.165, 1.54) is 0 Å². The van der Waals surface area contributed by atoms with Crippen molar-refractivity contribution < 1.29 is 28.4 Å². The van der Waals surface area contributed by atoms with E-state index in [0.717, 1.165) is 5.46 Å². The normalized spacial score (nSPS) is 28.5. The number of Topliss-reactive ketones (excluding diaryl/α,β-unsaturated/α-hetero) is 1. The summed E-state index contributed by atoms with van der Waals surface area (Å²) >= 11 is 0. The van der Waals surface area contributed by atoms with Crippen LogP contribution in [-0.2, 0) is 18.8 Å². The Morgan fingerprint density at radius 2 is 1.64 bits per heavy atom. The Hall–Kier alpha value is -1.97. The molecule has 9 heteroatoms. The molecule has 4 heterocycles. The van der Waals surface area contributed by atoms with Crippen molar-refractivity contribution in [2.24, 2.45) is 5.92 Å². The maximum absolute atomic E-state index is 13.5. The number of morpholine rings is 1. The number of aromatic nitrogens is 1. The van der Waals surface area contributed by atoms with E-state index in [1.807, 2.05) is 54.5 Å². The van der Waals surface area contributed by atoms with Crippen molar-refractivity contribution in [3.63, 3.8) is 0 Å². The lowest BCUT2D eigenvalue weighted by atomic mass is 9.77. The van der Waals surface area contributed by atoms with Gasteiger partial charge in [-0.25, -0.2) is 4.79 Å². The molecule has 0 aromatic carbocycles. The zero-order valence-electron chi connectivity index (χ0n) is 20.7. The monoisotopic (exact) mass is 458 g/mol. The van der Waals surface area contributed by atoms with Gasteiger partial charge in [-0.2, -0.15) is 0 Å². The summed E-state index contributed by atoms with van der Waals surface area (Å²) in [5, 5.41) is 0. The number of hydrogen-bond acceptors (Lipinski definition) is 7. The van der Waals surface area contributed by atoms with Crippen LogP contribution < -0.4 is 5.46 Å². The fourth-order valence-corrected chi connectivity index (χ4v) is 4.68. The van der Waals surface area contributed by atoms with Gasteiger partial charge in [0.25, 0.3) is 0 Å². The topological polar surface area (TPSA) is 87.2 Å². The summed E-state index contributed by atoms with van der Waals surface area (Å²) in [5.41, 5.74) is -0.239. The predicted molar refractivity (Wildman–Crippen MR) is 123 cm³/mol. The van der Waals surface area contributed by atoms with Crippen LogP contribution in [0.3, 0.4) is 0 Å². The Bertz CT molecular complexity index is 898. The van der Waals surface area contributed by atoms with Gasteiger partial charge in [0.05, 0.1) is 36.5 Å². The quantitative estimate of drug-likeness (QED) is 0.509. The summed E-state index contributed by atoms with van der Waals surface area (Å²) in [5.74, 6) is -0.181. The van der Waals surface area contributed by atoms with Crippen LogP contribution in [0.1, 0.15) is 71.7 Å². The summed E-state index contributed by atoms with van der Waals surface area (Å²) < 4.78 is 23.6. The molecule has 3 saturated heterocycles. The van der Waals surface area contributed by atoms with Crippen molar-refractivity contribution in [2.75, 3.05) is 13.2 Å². The number of hydrogen-bond donors (Lipinski definition) is 0. The van der Waals surface area contributed by atoms with Gasteiger partial charge in [-0.3, -0.25) is 14.7 Å². The van der Waals surface area contributed by atoms with Crippen molar-refractivity contribution >= 4 is 24.5 Å². The molecule has 1 aromatic heterocycles. The van der Waals surface area contributed by atoms with E-state index in [0.29, 0.717) is 31.6 Å². The Kier molecular flexibility index (Phi) is 6.12. The molecule has 3 aliphatic heterocycles. The van der Waals surface area contributed by atoms with Crippen LogP contribution >= 0.6 is 0 Å². The molecular weight excluding hydrogens is 423 g/mol. The molecule has 2 unspecified atom stereocenters. The second-order valence-electron chi connectivity index (χ2n) is 11.4. The Balaban J connectivity index is 1.49. The first kappa shape index (κ1) is 24.2. The van der Waals surface area contributed by atoms with E-state index in [2.05, 4.69) is 4.98 Å². The maximum Gasteiger partial charge on any atom is 0.496 e. The summed E-state index contributed by atoms with van der Waals surface area (Å²) in [6, 6.07) is 1.46. The van der Waals surface area contributed by atoms with E-state index >= 15 is 0 Å². The maximum atomic E-state index is 13.5. The van der Waals surface area contributed by atoms with E-state index in [9.17, 15) is 9.59 Å². The van der Waals surface area contributed by atoms with E-state index in [-0.39, 0.29) is 29.9 Å². The van der Waals surface area contributed by atoms with Crippen molar-refractivity contribution in [3.05, 3.63) is 24.0 Å². The molecule has 2 atom stereocenters. The Morgan fingerprint density at radius 3 is 2.18 bits per heavy atom. The molecule has 1 amide bonds. The Morgan fingerprint density at radius 1 is 1.06 bits per heavy atom. The SMILES string of the molecule is CC(C)(C)OC(=O)N1C2COCC1CC(C(=O)c1cncc(B3OC(C)(C)C(C)(C)O3)c1)C2. The second kappa shape index (κ2) is 8.36. The first-order valence-corrected chi connectivity index (χ1v) is 11.7. The van der Waals surface area contributed by atoms with Gasteiger partial charge in [0.1, 0.15) is 5.60 Å². The van der Waals surface area contributed by atoms with Gasteiger partial charge in [0, 0.05) is 29.3 Å². The highest BCUT2D eigenvalue weighted by atomic mass is 16.7. The van der Waals surface area contributed by atoms with Crippen LogP contribution in [0.2, 0.25) is 0 Å². The summed E-state index contributed by atoms with van der Waals surface area (Å²) in [7, 11) is -0.572. The number of amides is 1. The van der Waals surface area contributed by atoms with Crippen LogP contribution in [0.15, 0.2) is 18.5 Å². The van der Waals surface area contributed by atoms with Gasteiger partial charge < -0.3 is 18.8 Å². The van der Waals surface area contributed by atoms with Gasteiger partial charge in [-0.05, 0) is 67.4 Å². The molecule has 4 rings (SSSR count). The van der Waals surface area contributed by atoms with Gasteiger partial charge in [-0.1, -0.05) is 0 Å². The molecule has 0 spiro atoms. The van der Waals surface area contributed by atoms with E-state index in [1.54, 1.807) is 17.3 Å². The summed E-state index contributed by atoms with van der Waals surface area (Å²) in [4.78, 5) is 32.3. The third kappa shape index (κ3) is 4.81. The first-order chi connectivity index (χ1) is 15.3. The van der Waals surface area contributed by atoms with Crippen molar-refractivity contribution in [3.8, 4) is 0 Å². The van der Waals surface area contributed by atoms with Gasteiger partial charge in [0.15, 0.2) is 5.78 Å². The molecule has 33 heavy (non-hydrogen) atoms. The molecule has 8 nitrogen and oxygen atoms in total.